The van der Waals surface area contributed by atoms with Crippen molar-refractivity contribution in [3.63, 3.8) is 0 Å². The van der Waals surface area contributed by atoms with Crippen molar-refractivity contribution in [3.05, 3.63) is 35.1 Å². The monoisotopic (exact) mass is 353 g/mol. The maximum Gasteiger partial charge on any atom is 0.344 e. The third-order valence-electron chi connectivity index (χ3n) is 4.11. The van der Waals surface area contributed by atoms with Crippen molar-refractivity contribution in [2.24, 2.45) is 5.16 Å². The number of esters is 1. The Kier molecular flexibility index (Phi) is 6.91. The second-order valence-electron chi connectivity index (χ2n) is 6.05. The molecule has 1 heterocycles. The van der Waals surface area contributed by atoms with E-state index in [9.17, 15) is 9.90 Å². The summed E-state index contributed by atoms with van der Waals surface area (Å²) in [6, 6.07) is 0. The van der Waals surface area contributed by atoms with E-state index in [1.165, 1.54) is 5.54 Å². The molecule has 0 fully saturated rings. The fraction of sp³-hybridized carbons (Fsp3) is 0.556. The molecule has 1 aliphatic heterocycles. The van der Waals surface area contributed by atoms with Crippen molar-refractivity contribution in [1.82, 2.24) is 0 Å². The molecule has 1 unspecified atom stereocenters. The van der Waals surface area contributed by atoms with Crippen LogP contribution in [0.5, 0.6) is 0 Å². The summed E-state index contributed by atoms with van der Waals surface area (Å²) in [6.07, 6.45) is 10.8. The number of hydrogen-bond donors (Lipinski definition) is 1. The maximum absolute atomic E-state index is 12.6. The van der Waals surface area contributed by atoms with Gasteiger partial charge in [0.25, 0.3) is 0 Å². The van der Waals surface area contributed by atoms with Gasteiger partial charge in [-0.1, -0.05) is 36.2 Å². The molecule has 0 saturated carbocycles. The minimum Gasteiger partial charge on any atom is -0.511 e. The molecule has 0 aromatic carbocycles. The molecule has 6 heteroatoms. The molecule has 0 radical (unpaired) electrons. The largest absolute Gasteiger partial charge is 0.511 e. The first kappa shape index (κ1) is 18.6. The van der Waals surface area contributed by atoms with Crippen molar-refractivity contribution >= 4 is 23.3 Å². The van der Waals surface area contributed by atoms with Gasteiger partial charge in [-0.25, -0.2) is 4.79 Å². The zero-order valence-electron chi connectivity index (χ0n) is 14.0. The molecule has 5 nitrogen and oxygen atoms in total. The van der Waals surface area contributed by atoms with Crippen LogP contribution in [-0.4, -0.2) is 29.0 Å². The van der Waals surface area contributed by atoms with Crippen LogP contribution in [0.2, 0.25) is 0 Å². The van der Waals surface area contributed by atoms with Crippen LogP contribution in [0.25, 0.3) is 0 Å². The number of allylic oxidation sites excluding steroid dienone is 1. The van der Waals surface area contributed by atoms with E-state index in [1.807, 2.05) is 19.1 Å². The third kappa shape index (κ3) is 4.63. The lowest BCUT2D eigenvalue weighted by Gasteiger charge is -2.34. The Morgan fingerprint density at radius 2 is 2.38 bits per heavy atom. The number of nitrogens with zero attached hydrogens (tertiary/aromatic N) is 1. The van der Waals surface area contributed by atoms with Crippen molar-refractivity contribution in [1.29, 1.82) is 0 Å². The fourth-order valence-electron chi connectivity index (χ4n) is 2.99. The van der Waals surface area contributed by atoms with Gasteiger partial charge in [-0.2, -0.15) is 0 Å². The highest BCUT2D eigenvalue weighted by Crippen LogP contribution is 2.37. The highest BCUT2D eigenvalue weighted by Gasteiger charge is 2.41. The number of aliphatic hydroxyl groups is 1. The summed E-state index contributed by atoms with van der Waals surface area (Å²) >= 11 is 5.43. The molecule has 0 saturated heterocycles. The average Bonchev–Trinajstić information content (AvgIpc) is 2.76. The lowest BCUT2D eigenvalue weighted by Crippen LogP contribution is -2.40. The van der Waals surface area contributed by atoms with Crippen molar-refractivity contribution in [2.75, 3.05) is 6.61 Å². The molecule has 1 N–H and O–H groups in total. The number of carbonyl (C=O) groups is 1. The van der Waals surface area contributed by atoms with Crippen molar-refractivity contribution in [3.8, 4) is 0 Å². The zero-order chi connectivity index (χ0) is 17.4. The molecule has 0 amide bonds. The van der Waals surface area contributed by atoms with Crippen LogP contribution in [0, 0.1) is 0 Å². The van der Waals surface area contributed by atoms with Gasteiger partial charge in [0, 0.05) is 12.0 Å². The average molecular weight is 354 g/mol. The lowest BCUT2D eigenvalue weighted by molar-refractivity contribution is -0.153. The number of oxime groups is 1. The molecule has 24 heavy (non-hydrogen) atoms. The molecule has 132 valence electrons. The molecular weight excluding hydrogens is 330 g/mol. The van der Waals surface area contributed by atoms with Crippen molar-refractivity contribution in [2.45, 2.75) is 57.5 Å². The van der Waals surface area contributed by atoms with Gasteiger partial charge in [0.1, 0.15) is 23.5 Å². The molecular formula is C18H24ClNO4. The highest BCUT2D eigenvalue weighted by molar-refractivity contribution is 6.25. The van der Waals surface area contributed by atoms with Gasteiger partial charge in [0.2, 0.25) is 0 Å². The number of ether oxygens (including phenoxy) is 1. The first-order chi connectivity index (χ1) is 11.6. The molecule has 2 rings (SSSR count). The SMILES string of the molecule is CCCC(=NOCC=CCl)C1=C(O)CC2(C=CCCCC2)OC1=O. The highest BCUT2D eigenvalue weighted by atomic mass is 35.5. The first-order valence-electron chi connectivity index (χ1n) is 8.39. The molecule has 0 aromatic heterocycles. The van der Waals surface area contributed by atoms with Crippen LogP contribution in [0.4, 0.5) is 0 Å². The standard InChI is InChI=1S/C18H24ClNO4/c1-2-8-14(20-23-12-7-11-19)16-15(21)13-18(24-17(16)22)9-5-3-4-6-10-18/h5,7,9,11,21H,2-4,6,8,10,12-13H2,1H3. The Morgan fingerprint density at radius 3 is 3.08 bits per heavy atom. The van der Waals surface area contributed by atoms with E-state index < -0.39 is 11.6 Å². The molecule has 2 aliphatic rings. The zero-order valence-corrected chi connectivity index (χ0v) is 14.7. The Morgan fingerprint density at radius 1 is 1.54 bits per heavy atom. The van der Waals surface area contributed by atoms with E-state index in [2.05, 4.69) is 5.16 Å². The Bertz CT molecular complexity index is 580. The fourth-order valence-corrected chi connectivity index (χ4v) is 3.07. The second kappa shape index (κ2) is 8.92. The smallest absolute Gasteiger partial charge is 0.344 e. The summed E-state index contributed by atoms with van der Waals surface area (Å²) in [6.45, 7) is 2.17. The first-order valence-corrected chi connectivity index (χ1v) is 8.83. The summed E-state index contributed by atoms with van der Waals surface area (Å²) in [7, 11) is 0. The Balaban J connectivity index is 2.24. The van der Waals surface area contributed by atoms with Gasteiger partial charge in [0.15, 0.2) is 0 Å². The van der Waals surface area contributed by atoms with E-state index in [1.54, 1.807) is 6.08 Å². The minimum atomic E-state index is -0.722. The molecule has 1 atom stereocenters. The van der Waals surface area contributed by atoms with Gasteiger partial charge >= 0.3 is 5.97 Å². The molecule has 0 aromatic rings. The summed E-state index contributed by atoms with van der Waals surface area (Å²) in [5, 5.41) is 14.5. The van der Waals surface area contributed by atoms with Crippen molar-refractivity contribution < 1.29 is 19.5 Å². The van der Waals surface area contributed by atoms with Gasteiger partial charge in [-0.05, 0) is 44.3 Å². The van der Waals surface area contributed by atoms with Gasteiger partial charge in [-0.3, -0.25) is 0 Å². The predicted octanol–water partition coefficient (Wildman–Crippen LogP) is 4.54. The number of rotatable bonds is 6. The summed E-state index contributed by atoms with van der Waals surface area (Å²) < 4.78 is 5.72. The maximum atomic E-state index is 12.6. The Hall–Kier alpha value is -1.75. The predicted molar refractivity (Wildman–Crippen MR) is 94.0 cm³/mol. The Labute approximate surface area is 147 Å². The summed E-state index contributed by atoms with van der Waals surface area (Å²) in [5.74, 6) is -0.504. The van der Waals surface area contributed by atoms with Gasteiger partial charge < -0.3 is 14.7 Å². The molecule has 1 aliphatic carbocycles. The van der Waals surface area contributed by atoms with Crippen LogP contribution in [0.1, 0.15) is 51.9 Å². The quantitative estimate of drug-likeness (QED) is 0.250. The number of halogens is 1. The normalized spacial score (nSPS) is 25.2. The lowest BCUT2D eigenvalue weighted by atomic mass is 9.87. The van der Waals surface area contributed by atoms with Gasteiger partial charge in [-0.15, -0.1) is 0 Å². The van der Waals surface area contributed by atoms with Crippen LogP contribution >= 0.6 is 11.6 Å². The number of aliphatic hydroxyl groups excluding tert-OH is 1. The van der Waals surface area contributed by atoms with Crippen LogP contribution in [0.15, 0.2) is 40.3 Å². The topological polar surface area (TPSA) is 68.1 Å². The van der Waals surface area contributed by atoms with E-state index in [4.69, 9.17) is 21.2 Å². The molecule has 1 spiro atoms. The van der Waals surface area contributed by atoms with E-state index in [0.717, 1.165) is 32.1 Å². The minimum absolute atomic E-state index is 0.0292. The van der Waals surface area contributed by atoms with Gasteiger partial charge in [0.05, 0.1) is 5.71 Å². The van der Waals surface area contributed by atoms with E-state index in [-0.39, 0.29) is 24.4 Å². The third-order valence-corrected chi connectivity index (χ3v) is 4.29. The molecule has 0 bridgehead atoms. The van der Waals surface area contributed by atoms with Crippen LogP contribution in [-0.2, 0) is 14.4 Å². The van der Waals surface area contributed by atoms with E-state index in [0.29, 0.717) is 12.1 Å². The second-order valence-corrected chi connectivity index (χ2v) is 6.30. The number of hydrogen-bond acceptors (Lipinski definition) is 5. The van der Waals surface area contributed by atoms with Crippen LogP contribution in [0.3, 0.4) is 0 Å². The van der Waals surface area contributed by atoms with Crippen LogP contribution < -0.4 is 0 Å². The number of carbonyl (C=O) groups excluding carboxylic acids is 1. The summed E-state index contributed by atoms with van der Waals surface area (Å²) in [4.78, 5) is 17.7. The summed E-state index contributed by atoms with van der Waals surface area (Å²) in [5.41, 5.74) is 1.16. The van der Waals surface area contributed by atoms with E-state index >= 15 is 0 Å².